The zero-order chi connectivity index (χ0) is 17.9. The SMILES string of the molecule is O=C(O)Cn1nccc1C1CCCN(c2noc(-c3ccccc3)n2)C1. The molecule has 1 N–H and O–H groups in total. The Labute approximate surface area is 150 Å². The molecule has 0 aliphatic carbocycles. The first-order valence-electron chi connectivity index (χ1n) is 8.58. The Hall–Kier alpha value is -3.16. The predicted molar refractivity (Wildman–Crippen MR) is 93.8 cm³/mol. The van der Waals surface area contributed by atoms with Gasteiger partial charge in [0.25, 0.3) is 11.8 Å². The van der Waals surface area contributed by atoms with Crippen molar-refractivity contribution in [3.8, 4) is 11.5 Å². The largest absolute Gasteiger partial charge is 0.480 e. The van der Waals surface area contributed by atoms with Gasteiger partial charge in [0, 0.05) is 36.5 Å². The van der Waals surface area contributed by atoms with Crippen LogP contribution in [0.5, 0.6) is 0 Å². The summed E-state index contributed by atoms with van der Waals surface area (Å²) >= 11 is 0. The monoisotopic (exact) mass is 353 g/mol. The topological polar surface area (TPSA) is 97.3 Å². The molecule has 3 aromatic rings. The van der Waals surface area contributed by atoms with Crippen molar-refractivity contribution in [2.24, 2.45) is 0 Å². The normalized spacial score (nSPS) is 17.4. The number of aliphatic carboxylic acids is 1. The molecule has 8 nitrogen and oxygen atoms in total. The van der Waals surface area contributed by atoms with Crippen LogP contribution in [0.25, 0.3) is 11.5 Å². The van der Waals surface area contributed by atoms with Gasteiger partial charge in [-0.05, 0) is 36.2 Å². The van der Waals surface area contributed by atoms with Crippen LogP contribution in [0.1, 0.15) is 24.5 Å². The Bertz CT molecular complexity index is 889. The number of carbonyl (C=O) groups is 1. The van der Waals surface area contributed by atoms with E-state index < -0.39 is 5.97 Å². The highest BCUT2D eigenvalue weighted by Gasteiger charge is 2.27. The summed E-state index contributed by atoms with van der Waals surface area (Å²) in [5.74, 6) is 0.356. The number of anilines is 1. The van der Waals surface area contributed by atoms with Crippen molar-refractivity contribution in [1.29, 1.82) is 0 Å². The van der Waals surface area contributed by atoms with Crippen LogP contribution in [-0.4, -0.2) is 44.1 Å². The number of hydrogen-bond donors (Lipinski definition) is 1. The van der Waals surface area contributed by atoms with Crippen molar-refractivity contribution in [3.05, 3.63) is 48.3 Å². The predicted octanol–water partition coefficient (Wildman–Crippen LogP) is 2.40. The van der Waals surface area contributed by atoms with Gasteiger partial charge in [-0.1, -0.05) is 18.2 Å². The summed E-state index contributed by atoms with van der Waals surface area (Å²) < 4.78 is 6.97. The number of piperidine rings is 1. The van der Waals surface area contributed by atoms with Crippen molar-refractivity contribution in [1.82, 2.24) is 19.9 Å². The summed E-state index contributed by atoms with van der Waals surface area (Å²) in [6.45, 7) is 1.43. The maximum atomic E-state index is 11.0. The van der Waals surface area contributed by atoms with E-state index >= 15 is 0 Å². The van der Waals surface area contributed by atoms with E-state index in [0.717, 1.165) is 30.6 Å². The highest BCUT2D eigenvalue weighted by Crippen LogP contribution is 2.29. The van der Waals surface area contributed by atoms with Crippen molar-refractivity contribution >= 4 is 11.9 Å². The quantitative estimate of drug-likeness (QED) is 0.752. The molecule has 1 atom stereocenters. The van der Waals surface area contributed by atoms with Gasteiger partial charge < -0.3 is 14.5 Å². The Balaban J connectivity index is 1.52. The summed E-state index contributed by atoms with van der Waals surface area (Å²) in [5.41, 5.74) is 1.82. The zero-order valence-corrected chi connectivity index (χ0v) is 14.2. The summed E-state index contributed by atoms with van der Waals surface area (Å²) in [4.78, 5) is 17.6. The molecule has 1 unspecified atom stereocenters. The molecule has 1 fully saturated rings. The molecule has 0 bridgehead atoms. The lowest BCUT2D eigenvalue weighted by Gasteiger charge is -2.31. The van der Waals surface area contributed by atoms with E-state index in [-0.39, 0.29) is 12.5 Å². The van der Waals surface area contributed by atoms with Crippen LogP contribution in [0, 0.1) is 0 Å². The summed E-state index contributed by atoms with van der Waals surface area (Å²) in [7, 11) is 0. The Morgan fingerprint density at radius 1 is 1.27 bits per heavy atom. The first-order chi connectivity index (χ1) is 12.7. The maximum Gasteiger partial charge on any atom is 0.325 e. The van der Waals surface area contributed by atoms with E-state index in [1.165, 1.54) is 0 Å². The molecular formula is C18H19N5O3. The molecule has 26 heavy (non-hydrogen) atoms. The minimum Gasteiger partial charge on any atom is -0.480 e. The van der Waals surface area contributed by atoms with Crippen molar-refractivity contribution in [2.45, 2.75) is 25.3 Å². The molecule has 8 heteroatoms. The minimum absolute atomic E-state index is 0.126. The van der Waals surface area contributed by atoms with Crippen LogP contribution >= 0.6 is 0 Å². The summed E-state index contributed by atoms with van der Waals surface area (Å²) in [6, 6.07) is 11.6. The van der Waals surface area contributed by atoms with E-state index in [0.29, 0.717) is 18.4 Å². The molecule has 0 radical (unpaired) electrons. The molecule has 2 aromatic heterocycles. The van der Waals surface area contributed by atoms with Gasteiger partial charge in [-0.2, -0.15) is 10.1 Å². The Morgan fingerprint density at radius 2 is 2.12 bits per heavy atom. The number of rotatable bonds is 5. The standard InChI is InChI=1S/C18H19N5O3/c24-16(25)12-23-15(8-9-19-23)14-7-4-10-22(11-14)18-20-17(26-21-18)13-5-2-1-3-6-13/h1-3,5-6,8-9,14H,4,7,10-12H2,(H,24,25). The van der Waals surface area contributed by atoms with Crippen LogP contribution in [0.3, 0.4) is 0 Å². The fourth-order valence-electron chi connectivity index (χ4n) is 3.39. The second kappa shape index (κ2) is 6.99. The lowest BCUT2D eigenvalue weighted by molar-refractivity contribution is -0.137. The van der Waals surface area contributed by atoms with Crippen LogP contribution < -0.4 is 4.90 Å². The van der Waals surface area contributed by atoms with Crippen molar-refractivity contribution in [2.75, 3.05) is 18.0 Å². The van der Waals surface area contributed by atoms with Crippen LogP contribution in [0.15, 0.2) is 47.1 Å². The molecule has 0 amide bonds. The number of carboxylic acid groups (broad SMARTS) is 1. The third-order valence-corrected chi connectivity index (χ3v) is 4.59. The van der Waals surface area contributed by atoms with Gasteiger partial charge in [0.05, 0.1) is 0 Å². The maximum absolute atomic E-state index is 11.0. The molecule has 1 aliphatic rings. The molecule has 0 saturated carbocycles. The number of nitrogens with zero attached hydrogens (tertiary/aromatic N) is 5. The number of aromatic nitrogens is 4. The molecule has 134 valence electrons. The van der Waals surface area contributed by atoms with Crippen molar-refractivity contribution in [3.63, 3.8) is 0 Å². The molecule has 4 rings (SSSR count). The molecule has 1 aromatic carbocycles. The average Bonchev–Trinajstić information content (AvgIpc) is 3.32. The smallest absolute Gasteiger partial charge is 0.325 e. The van der Waals surface area contributed by atoms with Gasteiger partial charge in [-0.25, -0.2) is 0 Å². The second-order valence-electron chi connectivity index (χ2n) is 6.36. The van der Waals surface area contributed by atoms with Gasteiger partial charge in [0.1, 0.15) is 6.54 Å². The molecule has 1 aliphatic heterocycles. The lowest BCUT2D eigenvalue weighted by Crippen LogP contribution is -2.36. The van der Waals surface area contributed by atoms with Crippen LogP contribution in [0.4, 0.5) is 5.95 Å². The van der Waals surface area contributed by atoms with E-state index in [1.54, 1.807) is 10.9 Å². The summed E-state index contributed by atoms with van der Waals surface area (Å²) in [6.07, 6.45) is 3.60. The fourth-order valence-corrected chi connectivity index (χ4v) is 3.39. The van der Waals surface area contributed by atoms with Gasteiger partial charge in [-0.3, -0.25) is 9.48 Å². The van der Waals surface area contributed by atoms with Gasteiger partial charge in [-0.15, -0.1) is 0 Å². The van der Waals surface area contributed by atoms with Crippen LogP contribution in [-0.2, 0) is 11.3 Å². The fraction of sp³-hybridized carbons (Fsp3) is 0.333. The summed E-state index contributed by atoms with van der Waals surface area (Å²) in [5, 5.41) is 17.3. The third-order valence-electron chi connectivity index (χ3n) is 4.59. The van der Waals surface area contributed by atoms with E-state index in [2.05, 4.69) is 20.1 Å². The number of benzene rings is 1. The number of hydrogen-bond acceptors (Lipinski definition) is 6. The van der Waals surface area contributed by atoms with E-state index in [9.17, 15) is 4.79 Å². The van der Waals surface area contributed by atoms with Crippen molar-refractivity contribution < 1.29 is 14.4 Å². The van der Waals surface area contributed by atoms with E-state index in [1.807, 2.05) is 36.4 Å². The molecule has 1 saturated heterocycles. The lowest BCUT2D eigenvalue weighted by atomic mass is 9.95. The zero-order valence-electron chi connectivity index (χ0n) is 14.2. The highest BCUT2D eigenvalue weighted by atomic mass is 16.5. The number of carboxylic acids is 1. The Morgan fingerprint density at radius 3 is 2.92 bits per heavy atom. The molecule has 0 spiro atoms. The first-order valence-corrected chi connectivity index (χ1v) is 8.58. The van der Waals surface area contributed by atoms with Crippen LogP contribution in [0.2, 0.25) is 0 Å². The second-order valence-corrected chi connectivity index (χ2v) is 6.36. The highest BCUT2D eigenvalue weighted by molar-refractivity contribution is 5.66. The van der Waals surface area contributed by atoms with E-state index in [4.69, 9.17) is 9.63 Å². The Kier molecular flexibility index (Phi) is 4.39. The average molecular weight is 353 g/mol. The third kappa shape index (κ3) is 3.30. The van der Waals surface area contributed by atoms with Gasteiger partial charge in [0.15, 0.2) is 0 Å². The van der Waals surface area contributed by atoms with Gasteiger partial charge in [0.2, 0.25) is 0 Å². The molecule has 3 heterocycles. The first kappa shape index (κ1) is 16.3. The molecular weight excluding hydrogens is 334 g/mol. The minimum atomic E-state index is -0.895. The van der Waals surface area contributed by atoms with Gasteiger partial charge >= 0.3 is 5.97 Å².